The second kappa shape index (κ2) is 5.18. The van der Waals surface area contributed by atoms with Crippen molar-refractivity contribution in [3.63, 3.8) is 0 Å². The lowest BCUT2D eigenvalue weighted by Crippen LogP contribution is -1.98. The van der Waals surface area contributed by atoms with Crippen molar-refractivity contribution < 1.29 is 17.5 Å². The van der Waals surface area contributed by atoms with Gasteiger partial charge in [-0.25, -0.2) is 12.8 Å². The van der Waals surface area contributed by atoms with E-state index in [4.69, 9.17) is 15.4 Å². The predicted molar refractivity (Wildman–Crippen MR) is 67.0 cm³/mol. The number of rotatable bonds is 4. The summed E-state index contributed by atoms with van der Waals surface area (Å²) in [5, 5.41) is 3.94. The SMILES string of the molecule is Cn1cc(COc2ccc(S(=O)(=O)Cl)cc2F)cn1. The highest BCUT2D eigenvalue weighted by atomic mass is 35.7. The number of hydrogen-bond acceptors (Lipinski definition) is 4. The molecular weight excluding hydrogens is 295 g/mol. The molecule has 102 valence electrons. The average molecular weight is 305 g/mol. The minimum Gasteiger partial charge on any atom is -0.486 e. The van der Waals surface area contributed by atoms with Crippen molar-refractivity contribution in [1.29, 1.82) is 0 Å². The fourth-order valence-electron chi connectivity index (χ4n) is 1.46. The van der Waals surface area contributed by atoms with Crippen LogP contribution in [0.5, 0.6) is 5.75 Å². The number of halogens is 2. The van der Waals surface area contributed by atoms with Gasteiger partial charge in [0.15, 0.2) is 11.6 Å². The van der Waals surface area contributed by atoms with Gasteiger partial charge in [0.25, 0.3) is 9.05 Å². The summed E-state index contributed by atoms with van der Waals surface area (Å²) >= 11 is 0. The maximum atomic E-state index is 13.6. The zero-order valence-corrected chi connectivity index (χ0v) is 11.4. The first-order valence-corrected chi connectivity index (χ1v) is 7.52. The van der Waals surface area contributed by atoms with Gasteiger partial charge in [-0.2, -0.15) is 5.10 Å². The van der Waals surface area contributed by atoms with E-state index in [9.17, 15) is 12.8 Å². The van der Waals surface area contributed by atoms with E-state index in [2.05, 4.69) is 5.10 Å². The minimum absolute atomic E-state index is 0.0482. The summed E-state index contributed by atoms with van der Waals surface area (Å²) in [4.78, 5) is -0.305. The maximum Gasteiger partial charge on any atom is 0.261 e. The molecule has 1 aromatic heterocycles. The lowest BCUT2D eigenvalue weighted by molar-refractivity contribution is 0.290. The van der Waals surface area contributed by atoms with Crippen LogP contribution in [0, 0.1) is 5.82 Å². The van der Waals surface area contributed by atoms with Gasteiger partial charge < -0.3 is 4.74 Å². The second-order valence-corrected chi connectivity index (χ2v) is 6.41. The van der Waals surface area contributed by atoms with Crippen LogP contribution in [0.2, 0.25) is 0 Å². The van der Waals surface area contributed by atoms with Gasteiger partial charge in [-0.1, -0.05) is 0 Å². The first-order valence-electron chi connectivity index (χ1n) is 5.21. The highest BCUT2D eigenvalue weighted by molar-refractivity contribution is 8.13. The number of ether oxygens (including phenoxy) is 1. The molecule has 0 radical (unpaired) electrons. The molecule has 0 fully saturated rings. The lowest BCUT2D eigenvalue weighted by Gasteiger charge is -2.06. The minimum atomic E-state index is -3.94. The van der Waals surface area contributed by atoms with Crippen LogP contribution in [-0.2, 0) is 22.7 Å². The molecule has 2 rings (SSSR count). The van der Waals surface area contributed by atoms with Crippen molar-refractivity contribution in [2.75, 3.05) is 0 Å². The third-order valence-corrected chi connectivity index (χ3v) is 3.69. The molecule has 5 nitrogen and oxygen atoms in total. The maximum absolute atomic E-state index is 13.6. The van der Waals surface area contributed by atoms with Gasteiger partial charge in [0.2, 0.25) is 0 Å². The van der Waals surface area contributed by atoms with Gasteiger partial charge >= 0.3 is 0 Å². The molecule has 1 heterocycles. The number of nitrogens with zero attached hydrogens (tertiary/aromatic N) is 2. The van der Waals surface area contributed by atoms with Gasteiger partial charge in [-0.15, -0.1) is 0 Å². The van der Waals surface area contributed by atoms with E-state index in [-0.39, 0.29) is 17.3 Å². The molecule has 0 bridgehead atoms. The third kappa shape index (κ3) is 3.45. The summed E-state index contributed by atoms with van der Waals surface area (Å²) in [5.74, 6) is -0.835. The Balaban J connectivity index is 2.14. The van der Waals surface area contributed by atoms with Crippen molar-refractivity contribution in [2.45, 2.75) is 11.5 Å². The van der Waals surface area contributed by atoms with Crippen LogP contribution in [0.4, 0.5) is 4.39 Å². The van der Waals surface area contributed by atoms with Crippen molar-refractivity contribution in [3.05, 3.63) is 42.0 Å². The van der Waals surface area contributed by atoms with E-state index in [0.29, 0.717) is 0 Å². The van der Waals surface area contributed by atoms with E-state index in [1.807, 2.05) is 0 Å². The topological polar surface area (TPSA) is 61.2 Å². The highest BCUT2D eigenvalue weighted by Gasteiger charge is 2.14. The summed E-state index contributed by atoms with van der Waals surface area (Å²) in [6.07, 6.45) is 3.32. The fraction of sp³-hybridized carbons (Fsp3) is 0.182. The van der Waals surface area contributed by atoms with E-state index < -0.39 is 14.9 Å². The van der Waals surface area contributed by atoms with E-state index >= 15 is 0 Å². The first kappa shape index (κ1) is 13.8. The van der Waals surface area contributed by atoms with Crippen molar-refractivity contribution >= 4 is 19.7 Å². The Labute approximate surface area is 114 Å². The number of aryl methyl sites for hydroxylation is 1. The Morgan fingerprint density at radius 1 is 1.47 bits per heavy atom. The summed E-state index contributed by atoms with van der Waals surface area (Å²) in [6, 6.07) is 3.23. The molecule has 1 aromatic carbocycles. The molecule has 8 heteroatoms. The lowest BCUT2D eigenvalue weighted by atomic mass is 10.3. The van der Waals surface area contributed by atoms with Crippen molar-refractivity contribution in [2.24, 2.45) is 7.05 Å². The molecule has 0 saturated heterocycles. The average Bonchev–Trinajstić information content (AvgIpc) is 2.72. The van der Waals surface area contributed by atoms with E-state index in [0.717, 1.165) is 11.6 Å². The molecule has 0 unspecified atom stereocenters. The molecule has 0 amide bonds. The van der Waals surface area contributed by atoms with E-state index in [1.165, 1.54) is 12.1 Å². The number of aromatic nitrogens is 2. The Bertz CT molecular complexity index is 700. The molecule has 0 aliphatic rings. The van der Waals surface area contributed by atoms with Gasteiger partial charge in [0, 0.05) is 29.5 Å². The normalized spacial score (nSPS) is 11.5. The van der Waals surface area contributed by atoms with Crippen LogP contribution in [0.25, 0.3) is 0 Å². The Kier molecular flexibility index (Phi) is 3.77. The van der Waals surface area contributed by atoms with Crippen LogP contribution in [0.1, 0.15) is 5.56 Å². The smallest absolute Gasteiger partial charge is 0.261 e. The van der Waals surface area contributed by atoms with Crippen LogP contribution >= 0.6 is 10.7 Å². The summed E-state index contributed by atoms with van der Waals surface area (Å²) < 4.78 is 42.5. The molecule has 0 aliphatic heterocycles. The molecule has 0 spiro atoms. The van der Waals surface area contributed by atoms with Crippen LogP contribution < -0.4 is 4.74 Å². The molecule has 0 N–H and O–H groups in total. The van der Waals surface area contributed by atoms with Gasteiger partial charge in [-0.05, 0) is 18.2 Å². The molecule has 0 aliphatic carbocycles. The first-order chi connectivity index (χ1) is 8.86. The van der Waals surface area contributed by atoms with Gasteiger partial charge in [0.05, 0.1) is 11.1 Å². The quantitative estimate of drug-likeness (QED) is 0.811. The largest absolute Gasteiger partial charge is 0.486 e. The summed E-state index contributed by atoms with van der Waals surface area (Å²) in [6.45, 7) is 0.137. The highest BCUT2D eigenvalue weighted by Crippen LogP contribution is 2.23. The number of benzene rings is 1. The molecular formula is C11H10ClFN2O3S. The summed E-state index contributed by atoms with van der Waals surface area (Å²) in [5.41, 5.74) is 0.774. The predicted octanol–water partition coefficient (Wildman–Crippen LogP) is 2.07. The monoisotopic (exact) mass is 304 g/mol. The van der Waals surface area contributed by atoms with Gasteiger partial charge in [0.1, 0.15) is 6.61 Å². The molecule has 0 saturated carbocycles. The third-order valence-electron chi connectivity index (χ3n) is 2.34. The standard InChI is InChI=1S/C11H10ClFN2O3S/c1-15-6-8(5-14-15)7-18-11-3-2-9(4-10(11)13)19(12,16)17/h2-6H,7H2,1H3. The fourth-order valence-corrected chi connectivity index (χ4v) is 2.22. The Hall–Kier alpha value is -1.60. The Morgan fingerprint density at radius 3 is 2.74 bits per heavy atom. The van der Waals surface area contributed by atoms with Crippen LogP contribution in [0.3, 0.4) is 0 Å². The van der Waals surface area contributed by atoms with Crippen molar-refractivity contribution in [3.8, 4) is 5.75 Å². The molecule has 0 atom stereocenters. The van der Waals surface area contributed by atoms with Gasteiger partial charge in [-0.3, -0.25) is 4.68 Å². The number of hydrogen-bond donors (Lipinski definition) is 0. The Morgan fingerprint density at radius 2 is 2.21 bits per heavy atom. The van der Waals surface area contributed by atoms with Crippen LogP contribution in [-0.4, -0.2) is 18.2 Å². The zero-order chi connectivity index (χ0) is 14.0. The zero-order valence-electron chi connectivity index (χ0n) is 9.88. The summed E-state index contributed by atoms with van der Waals surface area (Å²) in [7, 11) is 2.92. The molecule has 19 heavy (non-hydrogen) atoms. The second-order valence-electron chi connectivity index (χ2n) is 3.84. The van der Waals surface area contributed by atoms with E-state index in [1.54, 1.807) is 24.1 Å². The molecule has 2 aromatic rings. The van der Waals surface area contributed by atoms with Crippen molar-refractivity contribution in [1.82, 2.24) is 9.78 Å². The van der Waals surface area contributed by atoms with Crippen LogP contribution in [0.15, 0.2) is 35.5 Å².